The monoisotopic (exact) mass is 266 g/mol. The Hall–Kier alpha value is -1.52. The second-order valence-electron chi connectivity index (χ2n) is 3.49. The molecule has 0 saturated heterocycles. The molecule has 1 amide bonds. The number of halogens is 1. The molecule has 17 heavy (non-hydrogen) atoms. The van der Waals surface area contributed by atoms with Crippen molar-refractivity contribution in [3.63, 3.8) is 0 Å². The fraction of sp³-hybridized carbons (Fsp3) is 0.0833. The van der Waals surface area contributed by atoms with Crippen molar-refractivity contribution in [3.05, 3.63) is 51.2 Å². The number of anilines is 1. The third-order valence-electron chi connectivity index (χ3n) is 2.28. The SMILES string of the molecule is NC(=O)c1cc(NCc2cccs2)ccc1Cl. The molecular weight excluding hydrogens is 256 g/mol. The summed E-state index contributed by atoms with van der Waals surface area (Å²) in [7, 11) is 0. The van der Waals surface area contributed by atoms with Crippen molar-refractivity contribution in [1.82, 2.24) is 0 Å². The standard InChI is InChI=1S/C12H11ClN2OS/c13-11-4-3-8(6-10(11)12(14)16)15-7-9-2-1-5-17-9/h1-6,15H,7H2,(H2,14,16). The fourth-order valence-electron chi connectivity index (χ4n) is 1.43. The zero-order valence-electron chi connectivity index (χ0n) is 8.94. The molecule has 0 aliphatic rings. The molecule has 0 aliphatic heterocycles. The van der Waals surface area contributed by atoms with Gasteiger partial charge in [0, 0.05) is 17.1 Å². The lowest BCUT2D eigenvalue weighted by molar-refractivity contribution is 0.100. The van der Waals surface area contributed by atoms with Crippen molar-refractivity contribution in [2.24, 2.45) is 5.73 Å². The molecule has 0 bridgehead atoms. The summed E-state index contributed by atoms with van der Waals surface area (Å²) in [6.07, 6.45) is 0. The molecule has 88 valence electrons. The summed E-state index contributed by atoms with van der Waals surface area (Å²) in [5, 5.41) is 5.61. The number of carbonyl (C=O) groups excluding carboxylic acids is 1. The first-order valence-electron chi connectivity index (χ1n) is 5.02. The number of nitrogens with one attached hydrogen (secondary N) is 1. The van der Waals surface area contributed by atoms with Crippen LogP contribution < -0.4 is 11.1 Å². The number of nitrogens with two attached hydrogens (primary N) is 1. The molecule has 0 unspecified atom stereocenters. The van der Waals surface area contributed by atoms with Crippen molar-refractivity contribution >= 4 is 34.5 Å². The van der Waals surface area contributed by atoms with Crippen LogP contribution in [0.1, 0.15) is 15.2 Å². The normalized spacial score (nSPS) is 10.2. The van der Waals surface area contributed by atoms with Gasteiger partial charge in [0.1, 0.15) is 0 Å². The Labute approximate surface area is 108 Å². The van der Waals surface area contributed by atoms with Gasteiger partial charge in [0.15, 0.2) is 0 Å². The summed E-state index contributed by atoms with van der Waals surface area (Å²) >= 11 is 7.54. The van der Waals surface area contributed by atoms with Crippen LogP contribution in [0.15, 0.2) is 35.7 Å². The van der Waals surface area contributed by atoms with Gasteiger partial charge in [-0.1, -0.05) is 17.7 Å². The van der Waals surface area contributed by atoms with Crippen LogP contribution in [-0.4, -0.2) is 5.91 Å². The molecule has 0 radical (unpaired) electrons. The van der Waals surface area contributed by atoms with Gasteiger partial charge in [0.05, 0.1) is 10.6 Å². The quantitative estimate of drug-likeness (QED) is 0.893. The second kappa shape index (κ2) is 5.21. The minimum atomic E-state index is -0.519. The number of carbonyl (C=O) groups is 1. The fourth-order valence-corrected chi connectivity index (χ4v) is 2.28. The van der Waals surface area contributed by atoms with Crippen molar-refractivity contribution < 1.29 is 4.79 Å². The maximum Gasteiger partial charge on any atom is 0.250 e. The molecule has 2 aromatic rings. The average Bonchev–Trinajstić information content (AvgIpc) is 2.80. The molecule has 1 aromatic heterocycles. The first kappa shape index (κ1) is 12.0. The lowest BCUT2D eigenvalue weighted by Crippen LogP contribution is -2.12. The summed E-state index contributed by atoms with van der Waals surface area (Å²) in [6.45, 7) is 0.720. The van der Waals surface area contributed by atoms with Gasteiger partial charge >= 0.3 is 0 Å². The maximum absolute atomic E-state index is 11.1. The van der Waals surface area contributed by atoms with E-state index >= 15 is 0 Å². The van der Waals surface area contributed by atoms with Gasteiger partial charge in [0.25, 0.3) is 0 Å². The number of hydrogen-bond acceptors (Lipinski definition) is 3. The van der Waals surface area contributed by atoms with E-state index in [4.69, 9.17) is 17.3 Å². The van der Waals surface area contributed by atoms with E-state index in [1.807, 2.05) is 23.6 Å². The first-order valence-corrected chi connectivity index (χ1v) is 6.28. The van der Waals surface area contributed by atoms with E-state index in [1.165, 1.54) is 4.88 Å². The third kappa shape index (κ3) is 2.99. The molecule has 0 aliphatic carbocycles. The van der Waals surface area contributed by atoms with Crippen LogP contribution >= 0.6 is 22.9 Å². The van der Waals surface area contributed by atoms with Crippen molar-refractivity contribution in [1.29, 1.82) is 0 Å². The number of hydrogen-bond donors (Lipinski definition) is 2. The Kier molecular flexibility index (Phi) is 3.66. The van der Waals surface area contributed by atoms with E-state index in [0.29, 0.717) is 10.6 Å². The number of primary amides is 1. The maximum atomic E-state index is 11.1. The number of benzene rings is 1. The van der Waals surface area contributed by atoms with Crippen LogP contribution in [0, 0.1) is 0 Å². The molecule has 0 atom stereocenters. The van der Waals surface area contributed by atoms with Crippen molar-refractivity contribution in [2.45, 2.75) is 6.54 Å². The van der Waals surface area contributed by atoms with Crippen LogP contribution in [0.25, 0.3) is 0 Å². The summed E-state index contributed by atoms with van der Waals surface area (Å²) in [4.78, 5) is 12.3. The van der Waals surface area contributed by atoms with E-state index in [9.17, 15) is 4.79 Å². The van der Waals surface area contributed by atoms with E-state index in [-0.39, 0.29) is 0 Å². The minimum absolute atomic E-state index is 0.336. The van der Waals surface area contributed by atoms with Gasteiger partial charge in [0.2, 0.25) is 5.91 Å². The van der Waals surface area contributed by atoms with E-state index in [0.717, 1.165) is 12.2 Å². The highest BCUT2D eigenvalue weighted by Crippen LogP contribution is 2.21. The van der Waals surface area contributed by atoms with Crippen molar-refractivity contribution in [2.75, 3.05) is 5.32 Å². The lowest BCUT2D eigenvalue weighted by Gasteiger charge is -2.07. The van der Waals surface area contributed by atoms with E-state index in [1.54, 1.807) is 23.5 Å². The number of amides is 1. The molecule has 0 fully saturated rings. The molecule has 0 saturated carbocycles. The van der Waals surface area contributed by atoms with Gasteiger partial charge in [-0.05, 0) is 29.6 Å². The smallest absolute Gasteiger partial charge is 0.250 e. The molecule has 2 rings (SSSR count). The predicted molar refractivity (Wildman–Crippen MR) is 71.6 cm³/mol. The highest BCUT2D eigenvalue weighted by atomic mass is 35.5. The Morgan fingerprint density at radius 3 is 2.88 bits per heavy atom. The predicted octanol–water partition coefficient (Wildman–Crippen LogP) is 3.11. The summed E-state index contributed by atoms with van der Waals surface area (Å²) < 4.78 is 0. The van der Waals surface area contributed by atoms with Gasteiger partial charge in [-0.2, -0.15) is 0 Å². The Morgan fingerprint density at radius 2 is 2.24 bits per heavy atom. The molecule has 1 aromatic carbocycles. The number of rotatable bonds is 4. The van der Waals surface area contributed by atoms with E-state index in [2.05, 4.69) is 5.32 Å². The molecule has 0 spiro atoms. The van der Waals surface area contributed by atoms with Gasteiger partial charge in [-0.15, -0.1) is 11.3 Å². The van der Waals surface area contributed by atoms with Crippen LogP contribution in [0.5, 0.6) is 0 Å². The van der Waals surface area contributed by atoms with Gasteiger partial charge < -0.3 is 11.1 Å². The van der Waals surface area contributed by atoms with Crippen molar-refractivity contribution in [3.8, 4) is 0 Å². The summed E-state index contributed by atoms with van der Waals surface area (Å²) in [5.41, 5.74) is 6.39. The largest absolute Gasteiger partial charge is 0.380 e. The summed E-state index contributed by atoms with van der Waals surface area (Å²) in [6, 6.07) is 9.19. The van der Waals surface area contributed by atoms with E-state index < -0.39 is 5.91 Å². The summed E-state index contributed by atoms with van der Waals surface area (Å²) in [5.74, 6) is -0.519. The first-order chi connectivity index (χ1) is 8.16. The van der Waals surface area contributed by atoms with Crippen LogP contribution in [-0.2, 0) is 6.54 Å². The average molecular weight is 267 g/mol. The molecular formula is C12H11ClN2OS. The van der Waals surface area contributed by atoms with Crippen LogP contribution in [0.2, 0.25) is 5.02 Å². The number of thiophene rings is 1. The van der Waals surface area contributed by atoms with Crippen LogP contribution in [0.4, 0.5) is 5.69 Å². The van der Waals surface area contributed by atoms with Gasteiger partial charge in [-0.25, -0.2) is 0 Å². The molecule has 5 heteroatoms. The van der Waals surface area contributed by atoms with Gasteiger partial charge in [-0.3, -0.25) is 4.79 Å². The highest BCUT2D eigenvalue weighted by molar-refractivity contribution is 7.09. The topological polar surface area (TPSA) is 55.1 Å². The second-order valence-corrected chi connectivity index (χ2v) is 4.93. The molecule has 3 N–H and O–H groups in total. The zero-order chi connectivity index (χ0) is 12.3. The zero-order valence-corrected chi connectivity index (χ0v) is 10.5. The Bertz CT molecular complexity index is 525. The van der Waals surface area contributed by atoms with Crippen LogP contribution in [0.3, 0.4) is 0 Å². The Morgan fingerprint density at radius 1 is 1.41 bits per heavy atom. The lowest BCUT2D eigenvalue weighted by atomic mass is 10.2. The minimum Gasteiger partial charge on any atom is -0.380 e. The molecule has 3 nitrogen and oxygen atoms in total. The Balaban J connectivity index is 2.11. The molecule has 1 heterocycles. The third-order valence-corrected chi connectivity index (χ3v) is 3.48. The highest BCUT2D eigenvalue weighted by Gasteiger charge is 2.07.